The Labute approximate surface area is 182 Å². The van der Waals surface area contributed by atoms with E-state index in [4.69, 9.17) is 0 Å². The molecule has 24 heavy (non-hydrogen) atoms. The Kier molecular flexibility index (Phi) is 30.2. The summed E-state index contributed by atoms with van der Waals surface area (Å²) in [5, 5.41) is 0. The van der Waals surface area contributed by atoms with Gasteiger partial charge in [0, 0.05) is 32.7 Å². The van der Waals surface area contributed by atoms with Crippen LogP contribution in [0.25, 0.3) is 0 Å². The minimum atomic E-state index is 0. The molecule has 2 saturated carbocycles. The molecule has 0 spiro atoms. The molecule has 0 nitrogen and oxygen atoms in total. The molecule has 1 heteroatoms. The molecule has 0 aromatic carbocycles. The van der Waals surface area contributed by atoms with E-state index in [9.17, 15) is 0 Å². The first-order chi connectivity index (χ1) is 10.9. The van der Waals surface area contributed by atoms with E-state index in [0.717, 1.165) is 35.5 Å². The van der Waals surface area contributed by atoms with Gasteiger partial charge in [0.1, 0.15) is 0 Å². The Hall–Kier alpha value is 1.10. The minimum absolute atomic E-state index is 0. The van der Waals surface area contributed by atoms with Gasteiger partial charge in [0.2, 0.25) is 0 Å². The SMILES string of the molecule is CC.CC.CC(C)C1C2CCC(C2)C1C(C)C.CCC.CCC.[Y]. The summed E-state index contributed by atoms with van der Waals surface area (Å²) in [6.45, 7) is 26.2. The summed E-state index contributed by atoms with van der Waals surface area (Å²) in [6.07, 6.45) is 7.14. The largest absolute Gasteiger partial charge is 0.0683 e. The van der Waals surface area contributed by atoms with E-state index in [1.165, 1.54) is 25.7 Å². The van der Waals surface area contributed by atoms with E-state index in [1.54, 1.807) is 6.42 Å². The third-order valence-corrected chi connectivity index (χ3v) is 4.59. The zero-order chi connectivity index (χ0) is 19.0. The maximum absolute atomic E-state index is 2.43. The average molecular weight is 418 g/mol. The fourth-order valence-corrected chi connectivity index (χ4v) is 4.36. The summed E-state index contributed by atoms with van der Waals surface area (Å²) in [5.41, 5.74) is 0. The predicted molar refractivity (Wildman–Crippen MR) is 112 cm³/mol. The van der Waals surface area contributed by atoms with E-state index in [2.05, 4.69) is 55.4 Å². The Morgan fingerprint density at radius 3 is 1.00 bits per heavy atom. The number of hydrogen-bond donors (Lipinski definition) is 0. The summed E-state index contributed by atoms with van der Waals surface area (Å²) in [5.74, 6) is 6.14. The van der Waals surface area contributed by atoms with Gasteiger partial charge in [-0.15, -0.1) is 0 Å². The molecule has 0 aromatic rings. The maximum atomic E-state index is 2.43. The van der Waals surface area contributed by atoms with Gasteiger partial charge in [0.15, 0.2) is 0 Å². The molecular weight excluding hydrogens is 365 g/mol. The summed E-state index contributed by atoms with van der Waals surface area (Å²) >= 11 is 0. The predicted octanol–water partition coefficient (Wildman–Crippen LogP) is 8.84. The molecule has 2 aliphatic rings. The first-order valence-corrected chi connectivity index (χ1v) is 10.9. The summed E-state index contributed by atoms with van der Waals surface area (Å²) in [7, 11) is 0. The third-order valence-electron chi connectivity index (χ3n) is 4.59. The van der Waals surface area contributed by atoms with Gasteiger partial charge in [0.05, 0.1) is 0 Å². The Bertz CT molecular complexity index is 188. The normalized spacial score (nSPS) is 25.8. The molecule has 0 N–H and O–H groups in total. The Balaban J connectivity index is -0.000000155. The van der Waals surface area contributed by atoms with Gasteiger partial charge in [-0.05, 0) is 54.8 Å². The molecule has 1 radical (unpaired) electrons. The van der Waals surface area contributed by atoms with E-state index < -0.39 is 0 Å². The second-order valence-electron chi connectivity index (χ2n) is 7.39. The van der Waals surface area contributed by atoms with Crippen molar-refractivity contribution in [3.8, 4) is 0 Å². The topological polar surface area (TPSA) is 0 Å². The monoisotopic (exact) mass is 417 g/mol. The number of fused-ring (bicyclic) bond motifs is 2. The molecule has 2 rings (SSSR count). The van der Waals surface area contributed by atoms with Gasteiger partial charge in [0.25, 0.3) is 0 Å². The molecule has 147 valence electrons. The zero-order valence-electron chi connectivity index (χ0n) is 19.6. The minimum Gasteiger partial charge on any atom is -0.0683 e. The number of rotatable bonds is 2. The molecule has 2 fully saturated rings. The molecule has 2 bridgehead atoms. The van der Waals surface area contributed by atoms with Crippen molar-refractivity contribution in [2.75, 3.05) is 0 Å². The fourth-order valence-electron chi connectivity index (χ4n) is 4.36. The van der Waals surface area contributed by atoms with Crippen LogP contribution < -0.4 is 0 Å². The van der Waals surface area contributed by atoms with E-state index in [1.807, 2.05) is 27.7 Å². The maximum Gasteiger partial charge on any atom is 0 e. The third kappa shape index (κ3) is 12.5. The molecule has 0 amide bonds. The van der Waals surface area contributed by atoms with Crippen LogP contribution >= 0.6 is 0 Å². The van der Waals surface area contributed by atoms with Crippen LogP contribution in [-0.4, -0.2) is 0 Å². The molecule has 4 unspecified atom stereocenters. The Morgan fingerprint density at radius 1 is 0.625 bits per heavy atom. The van der Waals surface area contributed by atoms with Gasteiger partial charge in [-0.25, -0.2) is 0 Å². The Morgan fingerprint density at radius 2 is 0.833 bits per heavy atom. The van der Waals surface area contributed by atoms with Gasteiger partial charge in [-0.3, -0.25) is 0 Å². The summed E-state index contributed by atoms with van der Waals surface area (Å²) in [4.78, 5) is 0. The second kappa shape index (κ2) is 22.1. The molecule has 2 aliphatic carbocycles. The fraction of sp³-hybridized carbons (Fsp3) is 1.00. The smallest absolute Gasteiger partial charge is 0 e. The molecule has 0 heterocycles. The van der Waals surface area contributed by atoms with Crippen molar-refractivity contribution in [2.45, 2.75) is 115 Å². The van der Waals surface area contributed by atoms with Crippen molar-refractivity contribution in [3.05, 3.63) is 0 Å². The molecule has 0 saturated heterocycles. The first-order valence-electron chi connectivity index (χ1n) is 10.9. The van der Waals surface area contributed by atoms with Crippen LogP contribution in [0.4, 0.5) is 0 Å². The number of hydrogen-bond acceptors (Lipinski definition) is 0. The van der Waals surface area contributed by atoms with Gasteiger partial charge < -0.3 is 0 Å². The standard InChI is InChI=1S/C13H24.2C3H8.2C2H6.Y/c1-8(2)12-10-5-6-11(7-10)13(12)9(3)4;2*1-3-2;2*1-2;/h8-13H,5-7H2,1-4H3;2*3H2,1-2H3;2*1-2H3;. The second-order valence-corrected chi connectivity index (χ2v) is 7.39. The van der Waals surface area contributed by atoms with Crippen LogP contribution in [0.5, 0.6) is 0 Å². The summed E-state index contributed by atoms with van der Waals surface area (Å²) < 4.78 is 0. The van der Waals surface area contributed by atoms with E-state index in [0.29, 0.717) is 0 Å². The zero-order valence-corrected chi connectivity index (χ0v) is 22.4. The van der Waals surface area contributed by atoms with E-state index >= 15 is 0 Å². The molecule has 0 aromatic heterocycles. The van der Waals surface area contributed by atoms with Crippen LogP contribution in [0, 0.1) is 35.5 Å². The van der Waals surface area contributed by atoms with Crippen molar-refractivity contribution in [3.63, 3.8) is 0 Å². The van der Waals surface area contributed by atoms with Crippen LogP contribution in [0.15, 0.2) is 0 Å². The van der Waals surface area contributed by atoms with Gasteiger partial charge in [-0.1, -0.05) is 95.9 Å². The quantitative estimate of drug-likeness (QED) is 0.421. The van der Waals surface area contributed by atoms with Crippen molar-refractivity contribution < 1.29 is 32.7 Å². The molecule has 0 aliphatic heterocycles. The van der Waals surface area contributed by atoms with Gasteiger partial charge in [-0.2, -0.15) is 0 Å². The van der Waals surface area contributed by atoms with Crippen LogP contribution in [-0.2, 0) is 32.7 Å². The van der Waals surface area contributed by atoms with Crippen molar-refractivity contribution in [1.82, 2.24) is 0 Å². The van der Waals surface area contributed by atoms with Crippen LogP contribution in [0.3, 0.4) is 0 Å². The molecular formula is C23H52Y. The average Bonchev–Trinajstić information content (AvgIpc) is 3.13. The first kappa shape index (κ1) is 32.7. The van der Waals surface area contributed by atoms with Crippen LogP contribution in [0.2, 0.25) is 0 Å². The molecule has 4 atom stereocenters. The van der Waals surface area contributed by atoms with E-state index in [-0.39, 0.29) is 32.7 Å². The van der Waals surface area contributed by atoms with Crippen LogP contribution in [0.1, 0.15) is 115 Å². The van der Waals surface area contributed by atoms with Crippen molar-refractivity contribution >= 4 is 0 Å². The van der Waals surface area contributed by atoms with Crippen molar-refractivity contribution in [1.29, 1.82) is 0 Å². The summed E-state index contributed by atoms with van der Waals surface area (Å²) in [6, 6.07) is 0. The van der Waals surface area contributed by atoms with Gasteiger partial charge >= 0.3 is 0 Å². The van der Waals surface area contributed by atoms with Crippen molar-refractivity contribution in [2.24, 2.45) is 35.5 Å².